The Kier molecular flexibility index (Phi) is 6.33. The van der Waals surface area contributed by atoms with Gasteiger partial charge in [-0.3, -0.25) is 18.7 Å². The number of hydrogen-bond acceptors (Lipinski definition) is 5. The number of aromatic nitrogens is 3. The maximum atomic E-state index is 14.1. The van der Waals surface area contributed by atoms with Crippen molar-refractivity contribution >= 4 is 61.1 Å². The van der Waals surface area contributed by atoms with Crippen LogP contribution in [0.5, 0.6) is 0 Å². The van der Waals surface area contributed by atoms with Crippen molar-refractivity contribution in [3.05, 3.63) is 71.6 Å². The highest BCUT2D eigenvalue weighted by Gasteiger charge is 2.39. The average molecular weight is 603 g/mol. The average Bonchev–Trinajstić information content (AvgIpc) is 3.19. The molecule has 2 aromatic heterocycles. The Bertz CT molecular complexity index is 1590. The summed E-state index contributed by atoms with van der Waals surface area (Å²) in [5.41, 5.74) is 1.70. The van der Waals surface area contributed by atoms with E-state index in [0.29, 0.717) is 23.7 Å². The van der Waals surface area contributed by atoms with Gasteiger partial charge in [-0.05, 0) is 90.1 Å². The van der Waals surface area contributed by atoms with Gasteiger partial charge < -0.3 is 5.11 Å². The Balaban J connectivity index is 1.81. The number of benzene rings is 2. The van der Waals surface area contributed by atoms with Gasteiger partial charge >= 0.3 is 11.7 Å². The molecule has 1 N–H and O–H groups in total. The van der Waals surface area contributed by atoms with Gasteiger partial charge in [0.25, 0.3) is 5.56 Å². The fourth-order valence-corrected chi connectivity index (χ4v) is 7.37. The highest BCUT2D eigenvalue weighted by atomic mass is 127. The van der Waals surface area contributed by atoms with E-state index in [1.54, 1.807) is 10.6 Å². The molecule has 0 radical (unpaired) electrons. The Morgan fingerprint density at radius 1 is 1.14 bits per heavy atom. The second-order valence-electron chi connectivity index (χ2n) is 9.58. The van der Waals surface area contributed by atoms with Crippen LogP contribution in [0, 0.1) is 17.4 Å². The van der Waals surface area contributed by atoms with Crippen molar-refractivity contribution in [1.29, 1.82) is 0 Å². The number of carbonyl (C=O) groups is 1. The summed E-state index contributed by atoms with van der Waals surface area (Å²) in [7, 11) is 0. The van der Waals surface area contributed by atoms with Crippen LogP contribution in [0.3, 0.4) is 0 Å². The minimum atomic E-state index is -1.02. The molecule has 1 aliphatic carbocycles. The summed E-state index contributed by atoms with van der Waals surface area (Å²) in [6, 6.07) is 9.68. The largest absolute Gasteiger partial charge is 0.481 e. The highest BCUT2D eigenvalue weighted by molar-refractivity contribution is 14.1. The minimum Gasteiger partial charge on any atom is -0.481 e. The predicted molar refractivity (Wildman–Crippen MR) is 147 cm³/mol. The van der Waals surface area contributed by atoms with E-state index in [1.807, 2.05) is 26.0 Å². The summed E-state index contributed by atoms with van der Waals surface area (Å²) in [5.74, 6) is -0.996. The first-order chi connectivity index (χ1) is 16.7. The molecule has 0 atom stereocenters. The summed E-state index contributed by atoms with van der Waals surface area (Å²) >= 11 is 3.53. The third kappa shape index (κ3) is 4.12. The zero-order valence-corrected chi connectivity index (χ0v) is 22.6. The fourth-order valence-electron chi connectivity index (χ4n) is 5.69. The number of carboxylic acid groups (broad SMARTS) is 1. The summed E-state index contributed by atoms with van der Waals surface area (Å²) < 4.78 is 9.38. The Hall–Kier alpha value is -2.53. The monoisotopic (exact) mass is 603 g/mol. The van der Waals surface area contributed by atoms with Crippen molar-refractivity contribution in [2.75, 3.05) is 0 Å². The number of aliphatic carboxylic acids is 1. The van der Waals surface area contributed by atoms with Gasteiger partial charge in [-0.25, -0.2) is 4.79 Å². The lowest BCUT2D eigenvalue weighted by Crippen LogP contribution is -2.53. The zero-order chi connectivity index (χ0) is 24.9. The minimum absolute atomic E-state index is 0.211. The Labute approximate surface area is 219 Å². The van der Waals surface area contributed by atoms with Gasteiger partial charge in [-0.2, -0.15) is 4.37 Å². The van der Waals surface area contributed by atoms with E-state index in [9.17, 15) is 19.5 Å². The molecule has 2 aromatic carbocycles. The SMILES string of the molecule is Cc1cc(C)c2c(Cn3c(=O)n(C4(CC(=O)O)CCCCC4)c(=O)c4c(I)cccc43)nsc2c1. The second kappa shape index (κ2) is 9.16. The molecule has 4 aromatic rings. The maximum absolute atomic E-state index is 14.1. The number of halogens is 1. The van der Waals surface area contributed by atoms with Crippen LogP contribution in [-0.4, -0.2) is 24.6 Å². The van der Waals surface area contributed by atoms with Crippen LogP contribution in [0.1, 0.15) is 55.3 Å². The summed E-state index contributed by atoms with van der Waals surface area (Å²) in [4.78, 5) is 39.9. The van der Waals surface area contributed by atoms with Crippen LogP contribution in [0.15, 0.2) is 39.9 Å². The van der Waals surface area contributed by atoms with Crippen LogP contribution >= 0.6 is 34.1 Å². The zero-order valence-electron chi connectivity index (χ0n) is 19.6. The number of rotatable bonds is 5. The number of hydrogen-bond donors (Lipinski definition) is 1. The van der Waals surface area contributed by atoms with Crippen molar-refractivity contribution in [2.24, 2.45) is 0 Å². The van der Waals surface area contributed by atoms with E-state index in [1.165, 1.54) is 16.1 Å². The van der Waals surface area contributed by atoms with E-state index in [0.717, 1.165) is 49.7 Å². The molecular weight excluding hydrogens is 577 g/mol. The quantitative estimate of drug-likeness (QED) is 0.318. The van der Waals surface area contributed by atoms with Gasteiger partial charge in [0, 0.05) is 8.96 Å². The van der Waals surface area contributed by atoms with E-state index >= 15 is 0 Å². The van der Waals surface area contributed by atoms with Crippen LogP contribution < -0.4 is 11.2 Å². The summed E-state index contributed by atoms with van der Waals surface area (Å²) in [6.45, 7) is 4.30. The molecule has 7 nitrogen and oxygen atoms in total. The number of aryl methyl sites for hydroxylation is 2. The molecule has 1 aliphatic rings. The Morgan fingerprint density at radius 3 is 2.60 bits per heavy atom. The molecule has 0 amide bonds. The molecule has 0 spiro atoms. The van der Waals surface area contributed by atoms with E-state index in [2.05, 4.69) is 34.7 Å². The third-order valence-corrected chi connectivity index (χ3v) is 8.88. The number of carboxylic acids is 1. The molecule has 35 heavy (non-hydrogen) atoms. The molecule has 0 aliphatic heterocycles. The van der Waals surface area contributed by atoms with Crippen molar-refractivity contribution in [3.63, 3.8) is 0 Å². The van der Waals surface area contributed by atoms with Crippen molar-refractivity contribution < 1.29 is 9.90 Å². The molecular formula is C26H26IN3O4S. The van der Waals surface area contributed by atoms with Crippen LogP contribution in [0.2, 0.25) is 0 Å². The maximum Gasteiger partial charge on any atom is 0.332 e. The van der Waals surface area contributed by atoms with E-state index < -0.39 is 22.8 Å². The van der Waals surface area contributed by atoms with Gasteiger partial charge in [0.2, 0.25) is 0 Å². The first-order valence-corrected chi connectivity index (χ1v) is 13.6. The van der Waals surface area contributed by atoms with Gasteiger partial charge in [-0.15, -0.1) is 0 Å². The predicted octanol–water partition coefficient (Wildman–Crippen LogP) is 5.18. The van der Waals surface area contributed by atoms with Crippen LogP contribution in [0.25, 0.3) is 21.0 Å². The van der Waals surface area contributed by atoms with Gasteiger partial charge in [0.15, 0.2) is 0 Å². The molecule has 1 saturated carbocycles. The smallest absolute Gasteiger partial charge is 0.332 e. The third-order valence-electron chi connectivity index (χ3n) is 7.15. The standard InChI is InChI=1S/C26H26IN3O4S/c1-15-11-16(2)22-18(28-35-20(22)12-15)14-29-19-8-6-7-17(27)23(19)24(33)30(25(29)34)26(13-21(31)32)9-4-3-5-10-26/h6-8,11-12H,3-5,9-10,13-14H2,1-2H3,(H,31,32). The van der Waals surface area contributed by atoms with E-state index in [4.69, 9.17) is 4.37 Å². The molecule has 0 unspecified atom stereocenters. The lowest BCUT2D eigenvalue weighted by atomic mass is 9.79. The molecule has 0 bridgehead atoms. The summed E-state index contributed by atoms with van der Waals surface area (Å²) in [6.07, 6.45) is 3.31. The van der Waals surface area contributed by atoms with Gasteiger partial charge in [0.05, 0.1) is 39.8 Å². The molecule has 182 valence electrons. The molecule has 9 heteroatoms. The first kappa shape index (κ1) is 24.2. The molecule has 5 rings (SSSR count). The number of nitrogens with zero attached hydrogens (tertiary/aromatic N) is 3. The topological polar surface area (TPSA) is 94.2 Å². The molecule has 2 heterocycles. The second-order valence-corrected chi connectivity index (χ2v) is 11.6. The van der Waals surface area contributed by atoms with Gasteiger partial charge in [-0.1, -0.05) is 31.4 Å². The normalized spacial score (nSPS) is 15.6. The lowest BCUT2D eigenvalue weighted by molar-refractivity contribution is -0.140. The van der Waals surface area contributed by atoms with Crippen molar-refractivity contribution in [1.82, 2.24) is 13.5 Å². The number of fused-ring (bicyclic) bond motifs is 2. The molecule has 1 fully saturated rings. The Morgan fingerprint density at radius 2 is 1.89 bits per heavy atom. The van der Waals surface area contributed by atoms with Crippen molar-refractivity contribution in [2.45, 2.75) is 64.5 Å². The van der Waals surface area contributed by atoms with Gasteiger partial charge in [0.1, 0.15) is 0 Å². The van der Waals surface area contributed by atoms with E-state index in [-0.39, 0.29) is 13.0 Å². The molecule has 0 saturated heterocycles. The van der Waals surface area contributed by atoms with Crippen LogP contribution in [-0.2, 0) is 16.9 Å². The van der Waals surface area contributed by atoms with Crippen LogP contribution in [0.4, 0.5) is 0 Å². The first-order valence-electron chi connectivity index (χ1n) is 11.7. The summed E-state index contributed by atoms with van der Waals surface area (Å²) in [5, 5.41) is 11.2. The van der Waals surface area contributed by atoms with Crippen molar-refractivity contribution in [3.8, 4) is 0 Å². The fraction of sp³-hybridized carbons (Fsp3) is 0.385. The highest BCUT2D eigenvalue weighted by Crippen LogP contribution is 2.37. The lowest BCUT2D eigenvalue weighted by Gasteiger charge is -2.37.